The Kier molecular flexibility index (Phi) is 7.12. The van der Waals surface area contributed by atoms with E-state index in [1.807, 2.05) is 4.90 Å². The summed E-state index contributed by atoms with van der Waals surface area (Å²) in [5.74, 6) is 0.206. The number of hydrogen-bond acceptors (Lipinski definition) is 4. The monoisotopic (exact) mass is 311 g/mol. The molecule has 1 N–H and O–H groups in total. The molecule has 0 bridgehead atoms. The lowest BCUT2D eigenvalue weighted by Crippen LogP contribution is -2.54. The van der Waals surface area contributed by atoms with E-state index in [9.17, 15) is 9.90 Å². The maximum atomic E-state index is 12.8. The molecule has 0 unspecified atom stereocenters. The van der Waals surface area contributed by atoms with Crippen LogP contribution in [-0.4, -0.2) is 83.7 Å². The van der Waals surface area contributed by atoms with Gasteiger partial charge in [-0.3, -0.25) is 9.69 Å². The average molecular weight is 311 g/mol. The fourth-order valence-corrected chi connectivity index (χ4v) is 3.72. The first kappa shape index (κ1) is 17.7. The number of hydrogen-bond donors (Lipinski definition) is 1. The molecule has 2 rings (SSSR count). The predicted octanol–water partition coefficient (Wildman–Crippen LogP) is 1.17. The minimum atomic E-state index is -0.332. The van der Waals surface area contributed by atoms with Crippen LogP contribution in [0.2, 0.25) is 0 Å². The summed E-state index contributed by atoms with van der Waals surface area (Å²) in [7, 11) is 0. The van der Waals surface area contributed by atoms with Gasteiger partial charge in [0.25, 0.3) is 0 Å². The van der Waals surface area contributed by atoms with Crippen molar-refractivity contribution in [3.05, 3.63) is 0 Å². The molecule has 2 atom stereocenters. The van der Waals surface area contributed by atoms with Crippen LogP contribution in [0.5, 0.6) is 0 Å². The summed E-state index contributed by atoms with van der Waals surface area (Å²) in [4.78, 5) is 19.4. The van der Waals surface area contributed by atoms with Crippen molar-refractivity contribution in [2.45, 2.75) is 58.1 Å². The largest absolute Gasteiger partial charge is 0.391 e. The third-order valence-corrected chi connectivity index (χ3v) is 5.15. The molecular formula is C17H33N3O2. The number of carbonyl (C=O) groups excluding carboxylic acids is 1. The normalized spacial score (nSPS) is 27.8. The molecule has 1 heterocycles. The summed E-state index contributed by atoms with van der Waals surface area (Å²) >= 11 is 0. The van der Waals surface area contributed by atoms with E-state index in [2.05, 4.69) is 23.6 Å². The zero-order valence-corrected chi connectivity index (χ0v) is 14.3. The van der Waals surface area contributed by atoms with Crippen LogP contribution < -0.4 is 0 Å². The SMILES string of the molecule is CCCN(C(=O)CN1CCN(CC)CC1)[C@H]1CCCC[C@@H]1O. The van der Waals surface area contributed by atoms with E-state index in [1.54, 1.807) is 0 Å². The number of aliphatic hydroxyl groups is 1. The van der Waals surface area contributed by atoms with Crippen LogP contribution in [0.15, 0.2) is 0 Å². The highest BCUT2D eigenvalue weighted by molar-refractivity contribution is 5.78. The van der Waals surface area contributed by atoms with Crippen LogP contribution in [0.4, 0.5) is 0 Å². The van der Waals surface area contributed by atoms with E-state index in [-0.39, 0.29) is 18.1 Å². The fraction of sp³-hybridized carbons (Fsp3) is 0.941. The van der Waals surface area contributed by atoms with Crippen molar-refractivity contribution in [1.82, 2.24) is 14.7 Å². The van der Waals surface area contributed by atoms with Crippen molar-refractivity contribution in [1.29, 1.82) is 0 Å². The number of amides is 1. The van der Waals surface area contributed by atoms with E-state index >= 15 is 0 Å². The molecule has 1 saturated heterocycles. The van der Waals surface area contributed by atoms with E-state index in [0.717, 1.165) is 71.4 Å². The van der Waals surface area contributed by atoms with Crippen molar-refractivity contribution < 1.29 is 9.90 Å². The van der Waals surface area contributed by atoms with Gasteiger partial charge in [0.15, 0.2) is 0 Å². The quantitative estimate of drug-likeness (QED) is 0.800. The molecule has 1 amide bonds. The van der Waals surface area contributed by atoms with Gasteiger partial charge in [0.1, 0.15) is 0 Å². The van der Waals surface area contributed by atoms with Crippen LogP contribution >= 0.6 is 0 Å². The Labute approximate surface area is 135 Å². The Morgan fingerprint density at radius 1 is 1.09 bits per heavy atom. The molecule has 5 nitrogen and oxygen atoms in total. The van der Waals surface area contributed by atoms with Crippen LogP contribution in [0.1, 0.15) is 46.0 Å². The molecule has 0 aromatic heterocycles. The number of carbonyl (C=O) groups is 1. The molecule has 5 heteroatoms. The summed E-state index contributed by atoms with van der Waals surface area (Å²) in [5.41, 5.74) is 0. The molecule has 0 aromatic rings. The Balaban J connectivity index is 1.89. The molecule has 1 aliphatic carbocycles. The standard InChI is InChI=1S/C17H33N3O2/c1-3-9-20(15-7-5-6-8-16(15)21)17(22)14-19-12-10-18(4-2)11-13-19/h15-16,21H,3-14H2,1-2H3/t15-,16-/m0/s1. The number of nitrogens with zero attached hydrogens (tertiary/aromatic N) is 3. The lowest BCUT2D eigenvalue weighted by atomic mass is 9.91. The summed E-state index contributed by atoms with van der Waals surface area (Å²) in [6.45, 7) is 10.8. The maximum absolute atomic E-state index is 12.8. The van der Waals surface area contributed by atoms with Gasteiger partial charge in [0, 0.05) is 32.7 Å². The molecule has 2 aliphatic rings. The number of piperazine rings is 1. The molecule has 1 aliphatic heterocycles. The zero-order valence-electron chi connectivity index (χ0n) is 14.3. The summed E-state index contributed by atoms with van der Waals surface area (Å²) in [6.07, 6.45) is 4.64. The highest BCUT2D eigenvalue weighted by Crippen LogP contribution is 2.23. The first-order chi connectivity index (χ1) is 10.7. The second-order valence-corrected chi connectivity index (χ2v) is 6.72. The van der Waals surface area contributed by atoms with Crippen LogP contribution in [0, 0.1) is 0 Å². The van der Waals surface area contributed by atoms with Gasteiger partial charge in [-0.2, -0.15) is 0 Å². The lowest BCUT2D eigenvalue weighted by Gasteiger charge is -2.40. The van der Waals surface area contributed by atoms with E-state index < -0.39 is 0 Å². The highest BCUT2D eigenvalue weighted by atomic mass is 16.3. The smallest absolute Gasteiger partial charge is 0.237 e. The lowest BCUT2D eigenvalue weighted by molar-refractivity contribution is -0.139. The molecular weight excluding hydrogens is 278 g/mol. The van der Waals surface area contributed by atoms with Gasteiger partial charge < -0.3 is 14.9 Å². The summed E-state index contributed by atoms with van der Waals surface area (Å²) in [5, 5.41) is 10.3. The Bertz CT molecular complexity index is 343. The fourth-order valence-electron chi connectivity index (χ4n) is 3.72. The average Bonchev–Trinajstić information content (AvgIpc) is 2.54. The third-order valence-electron chi connectivity index (χ3n) is 5.15. The Morgan fingerprint density at radius 3 is 2.32 bits per heavy atom. The second kappa shape index (κ2) is 8.85. The summed E-state index contributed by atoms with van der Waals surface area (Å²) < 4.78 is 0. The highest BCUT2D eigenvalue weighted by Gasteiger charge is 2.32. The minimum absolute atomic E-state index is 0.0399. The van der Waals surface area contributed by atoms with Gasteiger partial charge >= 0.3 is 0 Å². The van der Waals surface area contributed by atoms with Gasteiger partial charge in [-0.05, 0) is 25.8 Å². The van der Waals surface area contributed by atoms with Crippen LogP contribution in [-0.2, 0) is 4.79 Å². The van der Waals surface area contributed by atoms with E-state index in [4.69, 9.17) is 0 Å². The van der Waals surface area contributed by atoms with Gasteiger partial charge in [0.2, 0.25) is 5.91 Å². The van der Waals surface area contributed by atoms with Gasteiger partial charge in [-0.15, -0.1) is 0 Å². The second-order valence-electron chi connectivity index (χ2n) is 6.72. The number of likely N-dealkylation sites (N-methyl/N-ethyl adjacent to an activating group) is 1. The summed E-state index contributed by atoms with van der Waals surface area (Å²) in [6, 6.07) is 0.0399. The minimum Gasteiger partial charge on any atom is -0.391 e. The van der Waals surface area contributed by atoms with Crippen LogP contribution in [0.3, 0.4) is 0 Å². The Morgan fingerprint density at radius 2 is 1.73 bits per heavy atom. The van der Waals surface area contributed by atoms with Gasteiger partial charge in [0.05, 0.1) is 18.7 Å². The molecule has 128 valence electrons. The van der Waals surface area contributed by atoms with E-state index in [1.165, 1.54) is 0 Å². The topological polar surface area (TPSA) is 47.0 Å². The van der Waals surface area contributed by atoms with Crippen LogP contribution in [0.25, 0.3) is 0 Å². The van der Waals surface area contributed by atoms with Gasteiger partial charge in [-0.1, -0.05) is 26.7 Å². The van der Waals surface area contributed by atoms with Gasteiger partial charge in [-0.25, -0.2) is 0 Å². The molecule has 1 saturated carbocycles. The number of aliphatic hydroxyl groups excluding tert-OH is 1. The molecule has 2 fully saturated rings. The number of rotatable bonds is 6. The first-order valence-corrected chi connectivity index (χ1v) is 9.08. The predicted molar refractivity (Wildman–Crippen MR) is 88.8 cm³/mol. The van der Waals surface area contributed by atoms with Crippen molar-refractivity contribution in [2.24, 2.45) is 0 Å². The molecule has 0 aromatic carbocycles. The molecule has 0 spiro atoms. The maximum Gasteiger partial charge on any atom is 0.237 e. The van der Waals surface area contributed by atoms with Crippen molar-refractivity contribution in [2.75, 3.05) is 45.8 Å². The Hall–Kier alpha value is -0.650. The van der Waals surface area contributed by atoms with Crippen molar-refractivity contribution in [3.63, 3.8) is 0 Å². The molecule has 22 heavy (non-hydrogen) atoms. The van der Waals surface area contributed by atoms with Crippen molar-refractivity contribution in [3.8, 4) is 0 Å². The molecule has 0 radical (unpaired) electrons. The van der Waals surface area contributed by atoms with Crippen molar-refractivity contribution >= 4 is 5.91 Å². The third kappa shape index (κ3) is 4.67. The van der Waals surface area contributed by atoms with E-state index in [0.29, 0.717) is 6.54 Å². The zero-order chi connectivity index (χ0) is 15.9. The first-order valence-electron chi connectivity index (χ1n) is 9.08.